The number of rotatable bonds is 5. The molecule has 8 nitrogen and oxygen atoms in total. The van der Waals surface area contributed by atoms with Crippen molar-refractivity contribution in [3.63, 3.8) is 0 Å². The van der Waals surface area contributed by atoms with Crippen LogP contribution in [-0.2, 0) is 10.0 Å². The lowest BCUT2D eigenvalue weighted by Crippen LogP contribution is -2.49. The van der Waals surface area contributed by atoms with Gasteiger partial charge in [0, 0.05) is 51.0 Å². The molecule has 1 aromatic carbocycles. The average molecular weight is 460 g/mol. The second kappa shape index (κ2) is 9.23. The second-order valence-corrected chi connectivity index (χ2v) is 10.5. The summed E-state index contributed by atoms with van der Waals surface area (Å²) in [6.07, 6.45) is 3.66. The highest BCUT2D eigenvalue weighted by molar-refractivity contribution is 7.89. The van der Waals surface area contributed by atoms with Gasteiger partial charge in [-0.05, 0) is 63.3 Å². The maximum Gasteiger partial charge on any atom is 0.243 e. The molecule has 0 spiro atoms. The Hall–Kier alpha value is -2.39. The van der Waals surface area contributed by atoms with E-state index in [0.29, 0.717) is 42.8 Å². The maximum absolute atomic E-state index is 13.3. The minimum Gasteiger partial charge on any atom is -0.496 e. The van der Waals surface area contributed by atoms with Crippen molar-refractivity contribution < 1.29 is 13.2 Å². The summed E-state index contributed by atoms with van der Waals surface area (Å²) >= 11 is 0. The molecule has 0 radical (unpaired) electrons. The predicted molar refractivity (Wildman–Crippen MR) is 126 cm³/mol. The largest absolute Gasteiger partial charge is 0.496 e. The molecule has 0 saturated carbocycles. The zero-order chi connectivity index (χ0) is 22.9. The van der Waals surface area contributed by atoms with E-state index in [1.54, 1.807) is 23.5 Å². The Labute approximate surface area is 191 Å². The molecule has 2 aromatic rings. The number of benzene rings is 1. The number of anilines is 2. The van der Waals surface area contributed by atoms with Crippen molar-refractivity contribution in [3.8, 4) is 5.75 Å². The highest BCUT2D eigenvalue weighted by Gasteiger charge is 2.31. The van der Waals surface area contributed by atoms with Crippen LogP contribution >= 0.6 is 0 Å². The lowest BCUT2D eigenvalue weighted by Gasteiger charge is -2.35. The van der Waals surface area contributed by atoms with E-state index in [1.807, 2.05) is 26.8 Å². The first-order valence-corrected chi connectivity index (χ1v) is 12.7. The van der Waals surface area contributed by atoms with Crippen molar-refractivity contribution in [1.29, 1.82) is 0 Å². The van der Waals surface area contributed by atoms with Crippen LogP contribution in [0.5, 0.6) is 5.75 Å². The van der Waals surface area contributed by atoms with E-state index in [0.717, 1.165) is 35.7 Å². The van der Waals surface area contributed by atoms with Crippen LogP contribution in [0.4, 0.5) is 11.8 Å². The van der Waals surface area contributed by atoms with Gasteiger partial charge >= 0.3 is 0 Å². The molecule has 0 aliphatic carbocycles. The zero-order valence-corrected chi connectivity index (χ0v) is 20.3. The summed E-state index contributed by atoms with van der Waals surface area (Å²) in [6, 6.07) is 5.43. The first-order chi connectivity index (χ1) is 15.3. The van der Waals surface area contributed by atoms with Crippen LogP contribution in [0.2, 0.25) is 0 Å². The number of methoxy groups -OCH3 is 1. The predicted octanol–water partition coefficient (Wildman–Crippen LogP) is 2.91. The summed E-state index contributed by atoms with van der Waals surface area (Å²) in [4.78, 5) is 14.3. The molecule has 3 heterocycles. The molecule has 2 aliphatic rings. The Bertz CT molecular complexity index is 1080. The molecule has 4 rings (SSSR count). The topological polar surface area (TPSA) is 78.9 Å². The van der Waals surface area contributed by atoms with Crippen LogP contribution in [0, 0.1) is 20.8 Å². The van der Waals surface area contributed by atoms with E-state index in [1.165, 1.54) is 19.3 Å². The van der Waals surface area contributed by atoms with E-state index in [4.69, 9.17) is 9.72 Å². The number of ether oxygens (including phenoxy) is 1. The number of hydrogen-bond donors (Lipinski definition) is 0. The van der Waals surface area contributed by atoms with Gasteiger partial charge in [0.25, 0.3) is 0 Å². The number of piperidine rings is 1. The van der Waals surface area contributed by atoms with Crippen molar-refractivity contribution in [2.75, 3.05) is 56.2 Å². The molecule has 174 valence electrons. The van der Waals surface area contributed by atoms with Gasteiger partial charge in [-0.15, -0.1) is 0 Å². The smallest absolute Gasteiger partial charge is 0.243 e. The second-order valence-electron chi connectivity index (χ2n) is 8.62. The van der Waals surface area contributed by atoms with Crippen molar-refractivity contribution in [2.45, 2.75) is 44.9 Å². The molecule has 9 heteroatoms. The van der Waals surface area contributed by atoms with Gasteiger partial charge in [0.1, 0.15) is 11.6 Å². The number of nitrogens with zero attached hydrogens (tertiary/aromatic N) is 5. The molecule has 32 heavy (non-hydrogen) atoms. The van der Waals surface area contributed by atoms with Crippen molar-refractivity contribution in [1.82, 2.24) is 14.3 Å². The van der Waals surface area contributed by atoms with Crippen molar-refractivity contribution >= 4 is 21.8 Å². The number of aromatic nitrogens is 2. The van der Waals surface area contributed by atoms with Gasteiger partial charge in [-0.2, -0.15) is 9.29 Å². The fraction of sp³-hybridized carbons (Fsp3) is 0.565. The molecule has 0 unspecified atom stereocenters. The fourth-order valence-electron chi connectivity index (χ4n) is 4.50. The third-order valence-electron chi connectivity index (χ3n) is 6.56. The minimum absolute atomic E-state index is 0.350. The summed E-state index contributed by atoms with van der Waals surface area (Å²) < 4.78 is 33.6. The Morgan fingerprint density at radius 1 is 0.844 bits per heavy atom. The van der Waals surface area contributed by atoms with Crippen molar-refractivity contribution in [2.24, 2.45) is 0 Å². The monoisotopic (exact) mass is 459 g/mol. The maximum atomic E-state index is 13.3. The van der Waals surface area contributed by atoms with Gasteiger partial charge in [0.05, 0.1) is 12.0 Å². The third-order valence-corrected chi connectivity index (χ3v) is 8.60. The molecular formula is C23H33N5O3S. The van der Waals surface area contributed by atoms with Crippen LogP contribution in [0.3, 0.4) is 0 Å². The van der Waals surface area contributed by atoms with Gasteiger partial charge in [-0.25, -0.2) is 13.4 Å². The van der Waals surface area contributed by atoms with Crippen LogP contribution in [-0.4, -0.2) is 69.1 Å². The van der Waals surface area contributed by atoms with E-state index < -0.39 is 10.0 Å². The summed E-state index contributed by atoms with van der Waals surface area (Å²) in [5.74, 6) is 2.37. The SMILES string of the molecule is COc1ccc(S(=O)(=O)N2CCN(c3nc(C)cc(N4CCCCC4)n3)CC2)c(C)c1C. The number of hydrogen-bond acceptors (Lipinski definition) is 7. The van der Waals surface area contributed by atoms with E-state index in [9.17, 15) is 8.42 Å². The molecule has 2 saturated heterocycles. The van der Waals surface area contributed by atoms with E-state index >= 15 is 0 Å². The third kappa shape index (κ3) is 4.41. The Kier molecular flexibility index (Phi) is 6.57. The molecule has 0 atom stereocenters. The first kappa shape index (κ1) is 22.8. The molecule has 0 N–H and O–H groups in total. The fourth-order valence-corrected chi connectivity index (χ4v) is 6.20. The van der Waals surface area contributed by atoms with Crippen molar-refractivity contribution in [3.05, 3.63) is 35.0 Å². The molecular weight excluding hydrogens is 426 g/mol. The van der Waals surface area contributed by atoms with Crippen LogP contribution in [0.1, 0.15) is 36.1 Å². The quantitative estimate of drug-likeness (QED) is 0.680. The lowest BCUT2D eigenvalue weighted by molar-refractivity contribution is 0.381. The first-order valence-electron chi connectivity index (χ1n) is 11.3. The normalized spacial score (nSPS) is 18.1. The van der Waals surface area contributed by atoms with Crippen LogP contribution < -0.4 is 14.5 Å². The van der Waals surface area contributed by atoms with E-state index in [-0.39, 0.29) is 0 Å². The van der Waals surface area contributed by atoms with Gasteiger partial charge in [-0.1, -0.05) is 0 Å². The molecule has 1 aromatic heterocycles. The number of aryl methyl sites for hydroxylation is 1. The average Bonchev–Trinajstić information content (AvgIpc) is 2.81. The zero-order valence-electron chi connectivity index (χ0n) is 19.5. The van der Waals surface area contributed by atoms with Gasteiger partial charge in [-0.3, -0.25) is 0 Å². The Morgan fingerprint density at radius 2 is 1.53 bits per heavy atom. The molecule has 0 bridgehead atoms. The Balaban J connectivity index is 1.50. The standard InChI is InChI=1S/C23H33N5O3S/c1-17-16-22(26-10-6-5-7-11-26)25-23(24-17)27-12-14-28(15-13-27)32(29,30)21-9-8-20(31-4)18(2)19(21)3/h8-9,16H,5-7,10-15H2,1-4H3. The summed E-state index contributed by atoms with van der Waals surface area (Å²) in [5, 5.41) is 0. The van der Waals surface area contributed by atoms with Gasteiger partial charge in [0.2, 0.25) is 16.0 Å². The van der Waals surface area contributed by atoms with E-state index in [2.05, 4.69) is 14.8 Å². The minimum atomic E-state index is -3.58. The molecule has 2 aliphatic heterocycles. The number of piperazine rings is 1. The lowest BCUT2D eigenvalue weighted by atomic mass is 10.1. The van der Waals surface area contributed by atoms with Crippen LogP contribution in [0.25, 0.3) is 0 Å². The summed E-state index contributed by atoms with van der Waals surface area (Å²) in [6.45, 7) is 9.72. The molecule has 0 amide bonds. The highest BCUT2D eigenvalue weighted by Crippen LogP contribution is 2.30. The molecule has 2 fully saturated rings. The van der Waals surface area contributed by atoms with Gasteiger partial charge in [0.15, 0.2) is 0 Å². The van der Waals surface area contributed by atoms with Gasteiger partial charge < -0.3 is 14.5 Å². The number of sulfonamides is 1. The summed E-state index contributed by atoms with van der Waals surface area (Å²) in [5.41, 5.74) is 2.53. The highest BCUT2D eigenvalue weighted by atomic mass is 32.2. The Morgan fingerprint density at radius 3 is 2.19 bits per heavy atom. The summed E-state index contributed by atoms with van der Waals surface area (Å²) in [7, 11) is -1.98. The van der Waals surface area contributed by atoms with Crippen LogP contribution in [0.15, 0.2) is 23.1 Å².